The first-order valence-corrected chi connectivity index (χ1v) is 9.11. The number of nitrogens with zero attached hydrogens (tertiary/aromatic N) is 4. The molecule has 0 aliphatic carbocycles. The summed E-state index contributed by atoms with van der Waals surface area (Å²) in [6, 6.07) is 0. The molecular weight excluding hydrogens is 302 g/mol. The van der Waals surface area contributed by atoms with Gasteiger partial charge in [0.25, 0.3) is 0 Å². The molecule has 1 aliphatic rings. The van der Waals surface area contributed by atoms with Crippen molar-refractivity contribution in [2.75, 3.05) is 13.1 Å². The van der Waals surface area contributed by atoms with Crippen LogP contribution in [0, 0.1) is 13.8 Å². The van der Waals surface area contributed by atoms with Crippen LogP contribution in [0.5, 0.6) is 0 Å². The van der Waals surface area contributed by atoms with Gasteiger partial charge in [0.1, 0.15) is 5.82 Å². The van der Waals surface area contributed by atoms with Crippen molar-refractivity contribution in [1.29, 1.82) is 0 Å². The maximum Gasteiger partial charge on any atom is 0.191 e. The van der Waals surface area contributed by atoms with Gasteiger partial charge in [-0.1, -0.05) is 11.8 Å². The van der Waals surface area contributed by atoms with E-state index in [1.165, 1.54) is 17.7 Å². The van der Waals surface area contributed by atoms with E-state index >= 15 is 0 Å². The van der Waals surface area contributed by atoms with Crippen LogP contribution in [0.2, 0.25) is 0 Å². The number of hydrogen-bond acceptors (Lipinski definition) is 6. The molecule has 2 aromatic rings. The number of aryl methyl sites for hydroxylation is 2. The fraction of sp³-hybridized carbons (Fsp3) is 0.643. The van der Waals surface area contributed by atoms with Gasteiger partial charge < -0.3 is 9.88 Å². The Kier molecular flexibility index (Phi) is 4.61. The highest BCUT2D eigenvalue weighted by Crippen LogP contribution is 2.29. The molecule has 1 atom stereocenters. The molecule has 0 spiro atoms. The number of thioether (sulfide) groups is 1. The molecule has 5 nitrogen and oxygen atoms in total. The van der Waals surface area contributed by atoms with Gasteiger partial charge in [-0.05, 0) is 33.2 Å². The van der Waals surface area contributed by atoms with E-state index in [0.29, 0.717) is 5.92 Å². The topological polar surface area (TPSA) is 55.6 Å². The van der Waals surface area contributed by atoms with Gasteiger partial charge in [0.2, 0.25) is 0 Å². The number of hydrogen-bond donors (Lipinski definition) is 1. The predicted octanol–water partition coefficient (Wildman–Crippen LogP) is 2.65. The largest absolute Gasteiger partial charge is 0.316 e. The third-order valence-corrected chi connectivity index (χ3v) is 6.16. The minimum absolute atomic E-state index is 0.498. The molecule has 3 rings (SSSR count). The quantitative estimate of drug-likeness (QED) is 0.877. The van der Waals surface area contributed by atoms with Crippen molar-refractivity contribution < 1.29 is 0 Å². The van der Waals surface area contributed by atoms with Crippen molar-refractivity contribution in [1.82, 2.24) is 25.1 Å². The lowest BCUT2D eigenvalue weighted by atomic mass is 9.99. The third-order valence-electron chi connectivity index (χ3n) is 3.86. The number of aromatic nitrogens is 4. The van der Waals surface area contributed by atoms with E-state index in [9.17, 15) is 0 Å². The van der Waals surface area contributed by atoms with Crippen molar-refractivity contribution in [2.24, 2.45) is 7.05 Å². The Morgan fingerprint density at radius 3 is 2.90 bits per heavy atom. The molecule has 2 aromatic heterocycles. The van der Waals surface area contributed by atoms with Crippen molar-refractivity contribution >= 4 is 23.1 Å². The lowest BCUT2D eigenvalue weighted by Gasteiger charge is -2.21. The highest BCUT2D eigenvalue weighted by atomic mass is 32.2. The van der Waals surface area contributed by atoms with Crippen molar-refractivity contribution in [2.45, 2.75) is 43.5 Å². The van der Waals surface area contributed by atoms with Crippen LogP contribution in [0.15, 0.2) is 5.16 Å². The lowest BCUT2D eigenvalue weighted by Crippen LogP contribution is -2.29. The Balaban J connectivity index is 1.69. The second-order valence-corrected chi connectivity index (χ2v) is 7.70. The van der Waals surface area contributed by atoms with Gasteiger partial charge >= 0.3 is 0 Å². The maximum atomic E-state index is 4.48. The van der Waals surface area contributed by atoms with Gasteiger partial charge in [0.15, 0.2) is 5.16 Å². The second-order valence-electron chi connectivity index (χ2n) is 5.47. The molecular formula is C14H21N5S2. The molecule has 0 radical (unpaired) electrons. The summed E-state index contributed by atoms with van der Waals surface area (Å²) < 4.78 is 2.16. The zero-order valence-electron chi connectivity index (χ0n) is 12.7. The Bertz CT molecular complexity index is 613. The smallest absolute Gasteiger partial charge is 0.191 e. The van der Waals surface area contributed by atoms with E-state index in [0.717, 1.165) is 40.5 Å². The Morgan fingerprint density at radius 2 is 2.24 bits per heavy atom. The van der Waals surface area contributed by atoms with Gasteiger partial charge in [-0.3, -0.25) is 0 Å². The molecule has 1 fully saturated rings. The zero-order chi connectivity index (χ0) is 14.8. The SMILES string of the molecule is Cc1nc(C)c(CSc2nnc([C@H]3CCCNC3)n2C)s1. The summed E-state index contributed by atoms with van der Waals surface area (Å²) in [5.74, 6) is 2.53. The van der Waals surface area contributed by atoms with E-state index in [2.05, 4.69) is 46.0 Å². The zero-order valence-corrected chi connectivity index (χ0v) is 14.4. The van der Waals surface area contributed by atoms with E-state index in [1.54, 1.807) is 23.1 Å². The second kappa shape index (κ2) is 6.46. The van der Waals surface area contributed by atoms with Crippen molar-refractivity contribution in [3.8, 4) is 0 Å². The van der Waals surface area contributed by atoms with Crippen LogP contribution >= 0.6 is 23.1 Å². The van der Waals surface area contributed by atoms with Gasteiger partial charge in [0.05, 0.1) is 10.7 Å². The van der Waals surface area contributed by atoms with Gasteiger partial charge in [-0.25, -0.2) is 4.98 Å². The van der Waals surface area contributed by atoms with Gasteiger partial charge in [-0.15, -0.1) is 21.5 Å². The first-order valence-electron chi connectivity index (χ1n) is 7.31. The van der Waals surface area contributed by atoms with Crippen LogP contribution in [-0.4, -0.2) is 32.8 Å². The van der Waals surface area contributed by atoms with Crippen molar-refractivity contribution in [3.63, 3.8) is 0 Å². The molecule has 1 saturated heterocycles. The van der Waals surface area contributed by atoms with E-state index in [4.69, 9.17) is 0 Å². The summed E-state index contributed by atoms with van der Waals surface area (Å²) in [5, 5.41) is 14.4. The third kappa shape index (κ3) is 3.30. The standard InChI is InChI=1S/C14H21N5S2/c1-9-12(21-10(2)16-9)8-20-14-18-17-13(19(14)3)11-5-4-6-15-7-11/h11,15H,4-8H2,1-3H3/t11-/m0/s1. The number of rotatable bonds is 4. The van der Waals surface area contributed by atoms with E-state index in [1.807, 2.05) is 0 Å². The fourth-order valence-electron chi connectivity index (χ4n) is 2.72. The van der Waals surface area contributed by atoms with Crippen LogP contribution in [-0.2, 0) is 12.8 Å². The van der Waals surface area contributed by atoms with Crippen molar-refractivity contribution in [3.05, 3.63) is 21.4 Å². The molecule has 3 heterocycles. The number of thiazole rings is 1. The minimum Gasteiger partial charge on any atom is -0.316 e. The van der Waals surface area contributed by atoms with Gasteiger partial charge in [0, 0.05) is 30.1 Å². The Hall–Kier alpha value is -0.920. The minimum atomic E-state index is 0.498. The lowest BCUT2D eigenvalue weighted by molar-refractivity contribution is 0.436. The first-order chi connectivity index (χ1) is 10.1. The Morgan fingerprint density at radius 1 is 1.38 bits per heavy atom. The summed E-state index contributed by atoms with van der Waals surface area (Å²) in [6.07, 6.45) is 2.43. The Labute approximate surface area is 133 Å². The van der Waals surface area contributed by atoms with E-state index in [-0.39, 0.29) is 0 Å². The average molecular weight is 323 g/mol. The van der Waals surface area contributed by atoms with Crippen LogP contribution in [0.1, 0.15) is 40.2 Å². The van der Waals surface area contributed by atoms with Crippen LogP contribution in [0.4, 0.5) is 0 Å². The maximum absolute atomic E-state index is 4.48. The fourth-order valence-corrected chi connectivity index (χ4v) is 4.72. The molecule has 114 valence electrons. The summed E-state index contributed by atoms with van der Waals surface area (Å²) in [4.78, 5) is 5.81. The van der Waals surface area contributed by atoms with E-state index < -0.39 is 0 Å². The summed E-state index contributed by atoms with van der Waals surface area (Å²) in [5.41, 5.74) is 1.14. The monoisotopic (exact) mass is 323 g/mol. The predicted molar refractivity (Wildman–Crippen MR) is 87.0 cm³/mol. The molecule has 0 saturated carbocycles. The molecule has 0 aromatic carbocycles. The highest BCUT2D eigenvalue weighted by molar-refractivity contribution is 7.98. The van der Waals surface area contributed by atoms with Crippen LogP contribution in [0.25, 0.3) is 0 Å². The summed E-state index contributed by atoms with van der Waals surface area (Å²) in [7, 11) is 2.08. The molecule has 0 bridgehead atoms. The van der Waals surface area contributed by atoms with Gasteiger partial charge in [-0.2, -0.15) is 0 Å². The highest BCUT2D eigenvalue weighted by Gasteiger charge is 2.21. The molecule has 0 amide bonds. The first kappa shape index (κ1) is 15.0. The molecule has 21 heavy (non-hydrogen) atoms. The average Bonchev–Trinajstić information content (AvgIpc) is 3.00. The number of nitrogens with one attached hydrogen (secondary N) is 1. The number of piperidine rings is 1. The summed E-state index contributed by atoms with van der Waals surface area (Å²) >= 11 is 3.53. The van der Waals surface area contributed by atoms with Crippen LogP contribution < -0.4 is 5.32 Å². The molecule has 1 aliphatic heterocycles. The normalized spacial score (nSPS) is 19.1. The molecule has 0 unspecified atom stereocenters. The summed E-state index contributed by atoms with van der Waals surface area (Å²) in [6.45, 7) is 6.28. The van der Waals surface area contributed by atoms with Crippen LogP contribution in [0.3, 0.4) is 0 Å². The molecule has 7 heteroatoms. The molecule has 1 N–H and O–H groups in total.